The van der Waals surface area contributed by atoms with Crippen molar-refractivity contribution in [3.63, 3.8) is 0 Å². The first kappa shape index (κ1) is 13.9. The molecule has 0 bridgehead atoms. The predicted molar refractivity (Wildman–Crippen MR) is 73.9 cm³/mol. The molecule has 3 rings (SSSR count). The van der Waals surface area contributed by atoms with E-state index in [9.17, 15) is 9.59 Å². The third kappa shape index (κ3) is 3.01. The Kier molecular flexibility index (Phi) is 3.82. The summed E-state index contributed by atoms with van der Waals surface area (Å²) < 4.78 is 15.9. The third-order valence-corrected chi connectivity index (χ3v) is 4.08. The number of ketones is 1. The van der Waals surface area contributed by atoms with Gasteiger partial charge in [-0.2, -0.15) is 0 Å². The zero-order valence-electron chi connectivity index (χ0n) is 12.0. The minimum absolute atomic E-state index is 0.0400. The van der Waals surface area contributed by atoms with E-state index < -0.39 is 0 Å². The minimum Gasteiger partial charge on any atom is -0.461 e. The highest BCUT2D eigenvalue weighted by Crippen LogP contribution is 2.33. The molecule has 0 radical (unpaired) electrons. The normalized spacial score (nSPS) is 24.0. The number of benzene rings is 1. The van der Waals surface area contributed by atoms with Gasteiger partial charge in [-0.15, -0.1) is 0 Å². The van der Waals surface area contributed by atoms with Gasteiger partial charge in [-0.25, -0.2) is 0 Å². The van der Waals surface area contributed by atoms with E-state index in [-0.39, 0.29) is 37.0 Å². The van der Waals surface area contributed by atoms with Crippen LogP contribution in [0.4, 0.5) is 0 Å². The van der Waals surface area contributed by atoms with Crippen molar-refractivity contribution in [1.29, 1.82) is 0 Å². The van der Waals surface area contributed by atoms with Crippen LogP contribution in [0.25, 0.3) is 0 Å². The minimum atomic E-state index is -0.216. The van der Waals surface area contributed by atoms with Crippen LogP contribution in [0.1, 0.15) is 31.7 Å². The molecule has 0 saturated heterocycles. The van der Waals surface area contributed by atoms with Gasteiger partial charge in [0.05, 0.1) is 5.92 Å². The van der Waals surface area contributed by atoms with Crippen molar-refractivity contribution >= 4 is 11.8 Å². The number of carbonyl (C=O) groups is 2. The third-order valence-electron chi connectivity index (χ3n) is 4.08. The van der Waals surface area contributed by atoms with Gasteiger partial charge in [-0.05, 0) is 30.5 Å². The van der Waals surface area contributed by atoms with Gasteiger partial charge in [0.15, 0.2) is 11.5 Å². The van der Waals surface area contributed by atoms with Crippen LogP contribution in [-0.2, 0) is 20.9 Å². The second-order valence-corrected chi connectivity index (χ2v) is 5.63. The first-order valence-electron chi connectivity index (χ1n) is 7.21. The smallest absolute Gasteiger partial charge is 0.309 e. The van der Waals surface area contributed by atoms with Crippen molar-refractivity contribution in [3.05, 3.63) is 23.8 Å². The highest BCUT2D eigenvalue weighted by molar-refractivity contribution is 5.84. The molecule has 1 saturated carbocycles. The number of hydrogen-bond acceptors (Lipinski definition) is 5. The molecule has 0 spiro atoms. The highest BCUT2D eigenvalue weighted by atomic mass is 16.7. The molecule has 112 valence electrons. The summed E-state index contributed by atoms with van der Waals surface area (Å²) in [5.41, 5.74) is 0.868. The number of fused-ring (bicyclic) bond motifs is 1. The summed E-state index contributed by atoms with van der Waals surface area (Å²) in [5.74, 6) is 1.22. The maximum atomic E-state index is 12.1. The van der Waals surface area contributed by atoms with E-state index in [0.717, 1.165) is 5.56 Å². The summed E-state index contributed by atoms with van der Waals surface area (Å²) in [6.45, 7) is 2.32. The van der Waals surface area contributed by atoms with Gasteiger partial charge < -0.3 is 14.2 Å². The number of esters is 1. The summed E-state index contributed by atoms with van der Waals surface area (Å²) in [7, 11) is 0. The maximum Gasteiger partial charge on any atom is 0.309 e. The Bertz CT molecular complexity index is 566. The Hall–Kier alpha value is -2.04. The lowest BCUT2D eigenvalue weighted by molar-refractivity contribution is -0.152. The second kappa shape index (κ2) is 5.76. The van der Waals surface area contributed by atoms with Crippen LogP contribution in [0.2, 0.25) is 0 Å². The first-order valence-corrected chi connectivity index (χ1v) is 7.21. The number of ether oxygens (including phenoxy) is 3. The molecule has 21 heavy (non-hydrogen) atoms. The molecular weight excluding hydrogens is 272 g/mol. The second-order valence-electron chi connectivity index (χ2n) is 5.63. The Morgan fingerprint density at radius 3 is 2.95 bits per heavy atom. The fraction of sp³-hybridized carbons (Fsp3) is 0.500. The predicted octanol–water partition coefficient (Wildman–Crippen LogP) is 2.46. The molecule has 1 heterocycles. The van der Waals surface area contributed by atoms with Crippen LogP contribution >= 0.6 is 0 Å². The van der Waals surface area contributed by atoms with E-state index in [4.69, 9.17) is 14.2 Å². The lowest BCUT2D eigenvalue weighted by Crippen LogP contribution is -2.28. The van der Waals surface area contributed by atoms with Crippen molar-refractivity contribution < 1.29 is 23.8 Å². The van der Waals surface area contributed by atoms with Crippen molar-refractivity contribution in [3.8, 4) is 11.5 Å². The maximum absolute atomic E-state index is 12.1. The number of rotatable bonds is 3. The number of Topliss-reactive ketones (excluding diaryl/α,β-unsaturated/α-hetero) is 1. The van der Waals surface area contributed by atoms with Crippen molar-refractivity contribution in [2.75, 3.05) is 6.79 Å². The van der Waals surface area contributed by atoms with E-state index in [0.29, 0.717) is 30.8 Å². The molecule has 2 aliphatic rings. The van der Waals surface area contributed by atoms with Crippen molar-refractivity contribution in [2.24, 2.45) is 11.8 Å². The van der Waals surface area contributed by atoms with E-state index >= 15 is 0 Å². The van der Waals surface area contributed by atoms with Crippen LogP contribution < -0.4 is 9.47 Å². The number of carbonyl (C=O) groups excluding carboxylic acids is 2. The molecule has 0 aromatic heterocycles. The first-order chi connectivity index (χ1) is 10.1. The van der Waals surface area contributed by atoms with Gasteiger partial charge in [0.1, 0.15) is 12.4 Å². The highest BCUT2D eigenvalue weighted by Gasteiger charge is 2.30. The molecule has 1 fully saturated rings. The van der Waals surface area contributed by atoms with Gasteiger partial charge in [0.2, 0.25) is 6.79 Å². The van der Waals surface area contributed by atoms with Crippen molar-refractivity contribution in [1.82, 2.24) is 0 Å². The van der Waals surface area contributed by atoms with E-state index in [1.165, 1.54) is 0 Å². The Morgan fingerprint density at radius 2 is 2.14 bits per heavy atom. The molecule has 0 amide bonds. The summed E-state index contributed by atoms with van der Waals surface area (Å²) in [5, 5.41) is 0. The van der Waals surface area contributed by atoms with E-state index in [1.807, 2.05) is 25.1 Å². The van der Waals surface area contributed by atoms with E-state index in [2.05, 4.69) is 0 Å². The van der Waals surface area contributed by atoms with Gasteiger partial charge in [-0.3, -0.25) is 9.59 Å². The molecule has 1 aliphatic heterocycles. The van der Waals surface area contributed by atoms with Crippen LogP contribution in [-0.4, -0.2) is 18.5 Å². The summed E-state index contributed by atoms with van der Waals surface area (Å²) >= 11 is 0. The lowest BCUT2D eigenvalue weighted by atomic mass is 9.81. The van der Waals surface area contributed by atoms with Gasteiger partial charge in [-0.1, -0.05) is 13.0 Å². The molecule has 1 aromatic rings. The summed E-state index contributed by atoms with van der Waals surface area (Å²) in [6, 6.07) is 5.49. The molecule has 5 nitrogen and oxygen atoms in total. The van der Waals surface area contributed by atoms with Crippen LogP contribution in [0, 0.1) is 11.8 Å². The zero-order valence-corrected chi connectivity index (χ0v) is 12.0. The molecular formula is C16H18O5. The Labute approximate surface area is 123 Å². The van der Waals surface area contributed by atoms with E-state index in [1.54, 1.807) is 0 Å². The molecule has 5 heteroatoms. The van der Waals surface area contributed by atoms with Crippen LogP contribution in [0.5, 0.6) is 11.5 Å². The molecule has 1 aromatic carbocycles. The molecule has 2 atom stereocenters. The average Bonchev–Trinajstić information content (AvgIpc) is 2.95. The Balaban J connectivity index is 1.55. The SMILES string of the molecule is CC1CC(C(=O)OCc2ccc3c(c2)OCO3)CCC1=O. The fourth-order valence-corrected chi connectivity index (χ4v) is 2.76. The Morgan fingerprint density at radius 1 is 1.33 bits per heavy atom. The fourth-order valence-electron chi connectivity index (χ4n) is 2.76. The molecule has 2 unspecified atom stereocenters. The lowest BCUT2D eigenvalue weighted by Gasteiger charge is -2.24. The van der Waals surface area contributed by atoms with Gasteiger partial charge in [0.25, 0.3) is 0 Å². The molecule has 1 aliphatic carbocycles. The quantitative estimate of drug-likeness (QED) is 0.800. The monoisotopic (exact) mass is 290 g/mol. The van der Waals surface area contributed by atoms with Crippen molar-refractivity contribution in [2.45, 2.75) is 32.8 Å². The number of hydrogen-bond donors (Lipinski definition) is 0. The average molecular weight is 290 g/mol. The molecule has 0 N–H and O–H groups in total. The van der Waals surface area contributed by atoms with Crippen LogP contribution in [0.15, 0.2) is 18.2 Å². The topological polar surface area (TPSA) is 61.8 Å². The van der Waals surface area contributed by atoms with Gasteiger partial charge in [0, 0.05) is 12.3 Å². The largest absolute Gasteiger partial charge is 0.461 e. The zero-order chi connectivity index (χ0) is 14.8. The van der Waals surface area contributed by atoms with Gasteiger partial charge >= 0.3 is 5.97 Å². The summed E-state index contributed by atoms with van der Waals surface area (Å²) in [4.78, 5) is 23.5. The summed E-state index contributed by atoms with van der Waals surface area (Å²) in [6.07, 6.45) is 1.67. The standard InChI is InChI=1S/C16H18O5/c1-10-6-12(3-4-13(10)17)16(18)19-8-11-2-5-14-15(7-11)21-9-20-14/h2,5,7,10,12H,3-4,6,8-9H2,1H3. The van der Waals surface area contributed by atoms with Crippen LogP contribution in [0.3, 0.4) is 0 Å².